The molecule has 2 aromatic rings. The number of hydrogen-bond donors (Lipinski definition) is 2. The van der Waals surface area contributed by atoms with Crippen molar-refractivity contribution in [2.45, 2.75) is 50.4 Å². The molecule has 0 bridgehead atoms. The number of nitrogens with one attached hydrogen (secondary N) is 1. The molecule has 0 radical (unpaired) electrons. The van der Waals surface area contributed by atoms with Crippen LogP contribution in [-0.2, 0) is 9.53 Å². The van der Waals surface area contributed by atoms with E-state index in [1.165, 1.54) is 19.1 Å². The van der Waals surface area contributed by atoms with Crippen LogP contribution in [0.1, 0.15) is 43.7 Å². The van der Waals surface area contributed by atoms with Gasteiger partial charge in [0.05, 0.1) is 18.2 Å². The van der Waals surface area contributed by atoms with E-state index in [4.69, 9.17) is 9.26 Å². The van der Waals surface area contributed by atoms with E-state index in [9.17, 15) is 19.1 Å². The molecule has 2 N–H and O–H groups in total. The van der Waals surface area contributed by atoms with Crippen molar-refractivity contribution in [3.05, 3.63) is 41.9 Å². The fraction of sp³-hybridized carbons (Fsp3) is 0.500. The summed E-state index contributed by atoms with van der Waals surface area (Å²) in [5, 5.41) is 17.2. The quantitative estimate of drug-likeness (QED) is 0.772. The van der Waals surface area contributed by atoms with Crippen molar-refractivity contribution >= 4 is 11.8 Å². The first-order valence-corrected chi connectivity index (χ1v) is 10.3. The summed E-state index contributed by atoms with van der Waals surface area (Å²) < 4.78 is 25.2. The van der Waals surface area contributed by atoms with Gasteiger partial charge in [-0.15, -0.1) is 0 Å². The number of piperidine rings is 1. The van der Waals surface area contributed by atoms with Gasteiger partial charge in [0, 0.05) is 31.6 Å². The van der Waals surface area contributed by atoms with E-state index >= 15 is 0 Å². The molecule has 0 saturated carbocycles. The number of rotatable bonds is 3. The summed E-state index contributed by atoms with van der Waals surface area (Å²) in [5.41, 5.74) is -1.11. The Labute approximate surface area is 179 Å². The first-order chi connectivity index (χ1) is 14.7. The highest BCUT2D eigenvalue weighted by Gasteiger charge is 2.49. The average molecular weight is 431 g/mol. The summed E-state index contributed by atoms with van der Waals surface area (Å²) in [6, 6.07) is 7.20. The Bertz CT molecular complexity index is 981. The van der Waals surface area contributed by atoms with Gasteiger partial charge >= 0.3 is 0 Å². The van der Waals surface area contributed by atoms with E-state index in [1.807, 2.05) is 0 Å². The minimum Gasteiger partial charge on any atom is -0.386 e. The van der Waals surface area contributed by atoms with Crippen molar-refractivity contribution < 1.29 is 28.3 Å². The molecule has 0 unspecified atom stereocenters. The molecule has 4 rings (SSSR count). The van der Waals surface area contributed by atoms with Crippen LogP contribution in [0.15, 0.2) is 34.9 Å². The molecule has 2 amide bonds. The zero-order chi connectivity index (χ0) is 22.2. The zero-order valence-electron chi connectivity index (χ0n) is 17.6. The molecule has 2 atom stereocenters. The normalized spacial score (nSPS) is 25.4. The maximum atomic E-state index is 14.0. The van der Waals surface area contributed by atoms with Crippen molar-refractivity contribution in [3.63, 3.8) is 0 Å². The third-order valence-electron chi connectivity index (χ3n) is 6.21. The number of likely N-dealkylation sites (tertiary alicyclic amines) is 1. The Morgan fingerprint density at radius 1 is 1.29 bits per heavy atom. The Morgan fingerprint density at radius 2 is 2.00 bits per heavy atom. The predicted molar refractivity (Wildman–Crippen MR) is 109 cm³/mol. The number of aliphatic hydroxyl groups is 1. The highest BCUT2D eigenvalue weighted by Crippen LogP contribution is 2.38. The number of benzene rings is 1. The van der Waals surface area contributed by atoms with Crippen LogP contribution in [0.4, 0.5) is 4.39 Å². The standard InChI is InChI=1S/C22H26FN3O5/c1-14(27)24-19-12-22(30-13-21(19,2)29)7-9-26(10-8-22)20(28)18-11-17(25-31-18)15-5-3-4-6-16(15)23/h3-6,11,19,29H,7-10,12-13H2,1-2H3,(H,24,27)/t19-,21-/m0/s1. The smallest absolute Gasteiger partial charge is 0.292 e. The first-order valence-electron chi connectivity index (χ1n) is 10.3. The number of carbonyl (C=O) groups is 2. The number of hydrogen-bond acceptors (Lipinski definition) is 6. The number of ether oxygens (including phenoxy) is 1. The fourth-order valence-electron chi connectivity index (χ4n) is 4.30. The fourth-order valence-corrected chi connectivity index (χ4v) is 4.30. The zero-order valence-corrected chi connectivity index (χ0v) is 17.6. The SMILES string of the molecule is CC(=O)N[C@H]1CC2(CCN(C(=O)c3cc(-c4ccccc4F)no3)CC2)OC[C@]1(C)O. The second kappa shape index (κ2) is 8.05. The molecule has 1 aromatic carbocycles. The van der Waals surface area contributed by atoms with Crippen molar-refractivity contribution in [2.24, 2.45) is 0 Å². The summed E-state index contributed by atoms with van der Waals surface area (Å²) in [5.74, 6) is -0.899. The maximum Gasteiger partial charge on any atom is 0.292 e. The van der Waals surface area contributed by atoms with Gasteiger partial charge in [0.2, 0.25) is 11.7 Å². The van der Waals surface area contributed by atoms with Gasteiger partial charge in [0.25, 0.3) is 5.91 Å². The van der Waals surface area contributed by atoms with E-state index in [0.29, 0.717) is 32.4 Å². The lowest BCUT2D eigenvalue weighted by Gasteiger charge is -2.50. The number of carbonyl (C=O) groups excluding carboxylic acids is 2. The van der Waals surface area contributed by atoms with Crippen molar-refractivity contribution in [3.8, 4) is 11.3 Å². The summed E-state index contributed by atoms with van der Waals surface area (Å²) in [4.78, 5) is 26.1. The number of amides is 2. The van der Waals surface area contributed by atoms with Gasteiger partial charge in [-0.25, -0.2) is 4.39 Å². The van der Waals surface area contributed by atoms with Gasteiger partial charge < -0.3 is 24.6 Å². The van der Waals surface area contributed by atoms with Crippen LogP contribution < -0.4 is 5.32 Å². The third kappa shape index (κ3) is 4.33. The van der Waals surface area contributed by atoms with E-state index < -0.39 is 23.1 Å². The van der Waals surface area contributed by atoms with Gasteiger partial charge in [-0.05, 0) is 38.3 Å². The molecule has 2 fully saturated rings. The van der Waals surface area contributed by atoms with E-state index in [1.54, 1.807) is 30.0 Å². The maximum absolute atomic E-state index is 14.0. The molecule has 2 aliphatic heterocycles. The molecule has 166 valence electrons. The van der Waals surface area contributed by atoms with Gasteiger partial charge in [0.15, 0.2) is 0 Å². The molecule has 3 heterocycles. The second-order valence-electron chi connectivity index (χ2n) is 8.63. The summed E-state index contributed by atoms with van der Waals surface area (Å²) in [6.45, 7) is 4.05. The van der Waals surface area contributed by atoms with Gasteiger partial charge in [-0.2, -0.15) is 0 Å². The highest BCUT2D eigenvalue weighted by molar-refractivity contribution is 5.92. The second-order valence-corrected chi connectivity index (χ2v) is 8.63. The molecular weight excluding hydrogens is 405 g/mol. The predicted octanol–water partition coefficient (Wildman–Crippen LogP) is 2.13. The first kappa shape index (κ1) is 21.5. The lowest BCUT2D eigenvalue weighted by Crippen LogP contribution is -2.63. The topological polar surface area (TPSA) is 105 Å². The van der Waals surface area contributed by atoms with E-state index in [2.05, 4.69) is 10.5 Å². The minimum absolute atomic E-state index is 0.0535. The Morgan fingerprint density at radius 3 is 2.68 bits per heavy atom. The van der Waals surface area contributed by atoms with Crippen LogP contribution in [0.5, 0.6) is 0 Å². The monoisotopic (exact) mass is 431 g/mol. The van der Waals surface area contributed by atoms with Crippen LogP contribution >= 0.6 is 0 Å². The average Bonchev–Trinajstić information content (AvgIpc) is 3.21. The molecule has 0 aliphatic carbocycles. The van der Waals surface area contributed by atoms with Crippen molar-refractivity contribution in [1.29, 1.82) is 0 Å². The number of nitrogens with zero attached hydrogens (tertiary/aromatic N) is 2. The van der Waals surface area contributed by atoms with Crippen LogP contribution in [0.2, 0.25) is 0 Å². The van der Waals surface area contributed by atoms with Gasteiger partial charge in [-0.1, -0.05) is 17.3 Å². The molecule has 1 aromatic heterocycles. The van der Waals surface area contributed by atoms with Crippen LogP contribution in [0.25, 0.3) is 11.3 Å². The Kier molecular flexibility index (Phi) is 5.57. The molecule has 2 saturated heterocycles. The molecule has 2 aliphatic rings. The number of halogens is 1. The van der Waals surface area contributed by atoms with E-state index in [-0.39, 0.29) is 35.4 Å². The van der Waals surface area contributed by atoms with Crippen LogP contribution in [0, 0.1) is 5.82 Å². The third-order valence-corrected chi connectivity index (χ3v) is 6.21. The summed E-state index contributed by atoms with van der Waals surface area (Å²) >= 11 is 0. The number of aromatic nitrogens is 1. The largest absolute Gasteiger partial charge is 0.386 e. The minimum atomic E-state index is -1.15. The van der Waals surface area contributed by atoms with Crippen molar-refractivity contribution in [1.82, 2.24) is 15.4 Å². The Balaban J connectivity index is 1.42. The molecule has 31 heavy (non-hydrogen) atoms. The molecule has 9 heteroatoms. The summed E-state index contributed by atoms with van der Waals surface area (Å²) in [6.07, 6.45) is 1.61. The Hall–Kier alpha value is -2.78. The summed E-state index contributed by atoms with van der Waals surface area (Å²) in [7, 11) is 0. The van der Waals surface area contributed by atoms with Gasteiger partial charge in [-0.3, -0.25) is 9.59 Å². The molecular formula is C22H26FN3O5. The van der Waals surface area contributed by atoms with E-state index in [0.717, 1.165) is 0 Å². The van der Waals surface area contributed by atoms with Crippen LogP contribution in [0.3, 0.4) is 0 Å². The lowest BCUT2D eigenvalue weighted by atomic mass is 9.77. The van der Waals surface area contributed by atoms with Gasteiger partial charge in [0.1, 0.15) is 17.1 Å². The lowest BCUT2D eigenvalue weighted by molar-refractivity contribution is -0.191. The molecule has 1 spiro atoms. The highest BCUT2D eigenvalue weighted by atomic mass is 19.1. The van der Waals surface area contributed by atoms with Crippen molar-refractivity contribution in [2.75, 3.05) is 19.7 Å². The molecule has 8 nitrogen and oxygen atoms in total. The van der Waals surface area contributed by atoms with Crippen LogP contribution in [-0.4, -0.2) is 63.9 Å².